The summed E-state index contributed by atoms with van der Waals surface area (Å²) in [5, 5.41) is 12.7. The molecule has 322 valence electrons. The SMILES string of the molecule is CC/C=C\C/C=C\C/C=C\C/C=C\C/C=C\C/C=C\CCCCC(=O)OCC(O)COP(=O)(O)OCCNC(=O)CCCCCCC/C=C\C/C=C\C/C=C\CC. The van der Waals surface area contributed by atoms with Crippen molar-refractivity contribution in [2.45, 2.75) is 148 Å². The summed E-state index contributed by atoms with van der Waals surface area (Å²) in [4.78, 5) is 33.9. The predicted octanol–water partition coefficient (Wildman–Crippen LogP) is 12.0. The van der Waals surface area contributed by atoms with Gasteiger partial charge in [0.15, 0.2) is 0 Å². The van der Waals surface area contributed by atoms with Gasteiger partial charge in [0.2, 0.25) is 5.91 Å². The molecule has 0 radical (unpaired) electrons. The number of aliphatic hydroxyl groups excluding tert-OH is 1. The first-order valence-electron chi connectivity index (χ1n) is 21.4. The summed E-state index contributed by atoms with van der Waals surface area (Å²) in [7, 11) is -4.44. The summed E-state index contributed by atoms with van der Waals surface area (Å²) in [6.45, 7) is 3.22. The molecule has 0 fully saturated rings. The third kappa shape index (κ3) is 43.6. The predicted molar refractivity (Wildman–Crippen MR) is 238 cm³/mol. The topological polar surface area (TPSA) is 131 Å². The Morgan fingerprint density at radius 3 is 1.44 bits per heavy atom. The highest BCUT2D eigenvalue weighted by molar-refractivity contribution is 7.47. The molecular weight excluding hydrogens is 737 g/mol. The Bertz CT molecular complexity index is 1290. The van der Waals surface area contributed by atoms with Gasteiger partial charge in [0.25, 0.3) is 0 Å². The van der Waals surface area contributed by atoms with E-state index in [1.807, 2.05) is 0 Å². The fourth-order valence-electron chi connectivity index (χ4n) is 5.04. The minimum absolute atomic E-state index is 0.0595. The van der Waals surface area contributed by atoms with Gasteiger partial charge < -0.3 is 20.1 Å². The molecular formula is C47H76NO8P. The van der Waals surface area contributed by atoms with Crippen molar-refractivity contribution < 1.29 is 37.9 Å². The molecule has 9 nitrogen and oxygen atoms in total. The zero-order valence-electron chi connectivity index (χ0n) is 35.2. The molecule has 0 aromatic carbocycles. The van der Waals surface area contributed by atoms with Crippen LogP contribution < -0.4 is 5.32 Å². The van der Waals surface area contributed by atoms with Crippen molar-refractivity contribution in [1.82, 2.24) is 5.32 Å². The van der Waals surface area contributed by atoms with Gasteiger partial charge in [-0.3, -0.25) is 18.6 Å². The highest BCUT2D eigenvalue weighted by atomic mass is 31.2. The van der Waals surface area contributed by atoms with Crippen LogP contribution in [-0.2, 0) is 27.9 Å². The Morgan fingerprint density at radius 1 is 0.544 bits per heavy atom. The van der Waals surface area contributed by atoms with Crippen molar-refractivity contribution in [1.29, 1.82) is 0 Å². The number of amides is 1. The molecule has 0 saturated carbocycles. The van der Waals surface area contributed by atoms with Gasteiger partial charge in [-0.15, -0.1) is 0 Å². The molecule has 0 aliphatic carbocycles. The van der Waals surface area contributed by atoms with Crippen LogP contribution in [0.4, 0.5) is 0 Å². The first-order chi connectivity index (χ1) is 27.8. The number of phosphoric ester groups is 1. The minimum Gasteiger partial charge on any atom is -0.463 e. The maximum absolute atomic E-state index is 12.1. The largest absolute Gasteiger partial charge is 0.472 e. The monoisotopic (exact) mass is 814 g/mol. The zero-order valence-corrected chi connectivity index (χ0v) is 36.1. The van der Waals surface area contributed by atoms with E-state index >= 15 is 0 Å². The Balaban J connectivity index is 3.74. The van der Waals surface area contributed by atoms with Crippen molar-refractivity contribution in [2.75, 3.05) is 26.4 Å². The van der Waals surface area contributed by atoms with Crippen molar-refractivity contribution in [3.05, 3.63) is 109 Å². The summed E-state index contributed by atoms with van der Waals surface area (Å²) in [6.07, 6.45) is 55.9. The molecule has 0 spiro atoms. The van der Waals surface area contributed by atoms with Crippen molar-refractivity contribution in [3.63, 3.8) is 0 Å². The molecule has 57 heavy (non-hydrogen) atoms. The van der Waals surface area contributed by atoms with Crippen LogP contribution in [-0.4, -0.2) is 54.3 Å². The molecule has 3 N–H and O–H groups in total. The van der Waals surface area contributed by atoms with Gasteiger partial charge in [0.05, 0.1) is 13.2 Å². The van der Waals surface area contributed by atoms with E-state index in [1.165, 1.54) is 0 Å². The summed E-state index contributed by atoms with van der Waals surface area (Å²) in [5.74, 6) is -0.589. The highest BCUT2D eigenvalue weighted by Gasteiger charge is 2.23. The van der Waals surface area contributed by atoms with Gasteiger partial charge in [0, 0.05) is 19.4 Å². The Kier molecular flexibility index (Phi) is 39.8. The number of ether oxygens (including phenoxy) is 1. The second-order valence-corrected chi connectivity index (χ2v) is 15.0. The van der Waals surface area contributed by atoms with Crippen LogP contribution in [0.5, 0.6) is 0 Å². The third-order valence-corrected chi connectivity index (χ3v) is 9.18. The molecule has 0 aromatic rings. The van der Waals surface area contributed by atoms with Crippen LogP contribution in [0, 0.1) is 0 Å². The molecule has 1 amide bonds. The Morgan fingerprint density at radius 2 is 0.947 bits per heavy atom. The lowest BCUT2D eigenvalue weighted by molar-refractivity contribution is -0.147. The van der Waals surface area contributed by atoms with E-state index in [4.69, 9.17) is 13.8 Å². The number of rotatable bonds is 38. The molecule has 0 saturated heterocycles. The third-order valence-electron chi connectivity index (χ3n) is 8.20. The first-order valence-corrected chi connectivity index (χ1v) is 22.9. The second-order valence-electron chi connectivity index (χ2n) is 13.5. The lowest BCUT2D eigenvalue weighted by Gasteiger charge is -2.15. The number of esters is 1. The minimum atomic E-state index is -4.44. The smallest absolute Gasteiger partial charge is 0.463 e. The van der Waals surface area contributed by atoms with Gasteiger partial charge in [-0.1, -0.05) is 142 Å². The van der Waals surface area contributed by atoms with Gasteiger partial charge in [0.1, 0.15) is 12.7 Å². The van der Waals surface area contributed by atoms with Crippen LogP contribution in [0.15, 0.2) is 109 Å². The summed E-state index contributed by atoms with van der Waals surface area (Å²) in [5.41, 5.74) is 0. The molecule has 0 aromatic heterocycles. The lowest BCUT2D eigenvalue weighted by atomic mass is 10.1. The average molecular weight is 814 g/mol. The quantitative estimate of drug-likeness (QED) is 0.0243. The van der Waals surface area contributed by atoms with Crippen molar-refractivity contribution in [2.24, 2.45) is 0 Å². The second kappa shape index (κ2) is 42.3. The molecule has 0 rings (SSSR count). The van der Waals surface area contributed by atoms with Gasteiger partial charge >= 0.3 is 13.8 Å². The van der Waals surface area contributed by atoms with Crippen LogP contribution in [0.2, 0.25) is 0 Å². The zero-order chi connectivity index (χ0) is 41.8. The van der Waals surface area contributed by atoms with E-state index in [2.05, 4.69) is 129 Å². The number of phosphoric acid groups is 1. The summed E-state index contributed by atoms with van der Waals surface area (Å²) >= 11 is 0. The maximum atomic E-state index is 12.1. The number of unbranched alkanes of at least 4 members (excludes halogenated alkanes) is 7. The summed E-state index contributed by atoms with van der Waals surface area (Å²) < 4.78 is 26.8. The molecule has 2 atom stereocenters. The van der Waals surface area contributed by atoms with Crippen LogP contribution in [0.25, 0.3) is 0 Å². The number of nitrogens with one attached hydrogen (secondary N) is 1. The molecule has 2 unspecified atom stereocenters. The Hall–Kier alpha value is -3.33. The van der Waals surface area contributed by atoms with Crippen molar-refractivity contribution >= 4 is 19.7 Å². The van der Waals surface area contributed by atoms with E-state index in [1.54, 1.807) is 0 Å². The molecule has 0 bridgehead atoms. The molecule has 0 aliphatic rings. The standard InChI is InChI=1S/C47H76NO8P/c1-3-5-7-9-11-13-15-17-19-20-21-22-23-24-26-28-30-32-34-36-38-40-47(51)54-43-45(49)44-56-57(52,53)55-42-41-48-46(50)39-37-35-33-31-29-27-25-18-16-14-12-10-8-6-4-2/h5-8,11-14,17-19,21-22,24-26,30,32,45,49H,3-4,9-10,15-16,20,23,27-29,31,33-44H2,1-2H3,(H,48,50)(H,52,53)/b7-5-,8-6-,13-11-,14-12-,19-17-,22-21-,25-18-,26-24-,32-30-. The summed E-state index contributed by atoms with van der Waals surface area (Å²) in [6, 6.07) is 0. The lowest BCUT2D eigenvalue weighted by Crippen LogP contribution is -2.27. The fraction of sp³-hybridized carbons (Fsp3) is 0.574. The van der Waals surface area contributed by atoms with Gasteiger partial charge in [-0.05, 0) is 96.3 Å². The molecule has 0 aliphatic heterocycles. The van der Waals surface area contributed by atoms with E-state index < -0.39 is 26.5 Å². The average Bonchev–Trinajstić information content (AvgIpc) is 3.20. The molecule has 0 heterocycles. The van der Waals surface area contributed by atoms with E-state index in [0.29, 0.717) is 12.8 Å². The fourth-order valence-corrected chi connectivity index (χ4v) is 5.80. The van der Waals surface area contributed by atoms with E-state index in [9.17, 15) is 24.2 Å². The van der Waals surface area contributed by atoms with Gasteiger partial charge in [-0.2, -0.15) is 0 Å². The van der Waals surface area contributed by atoms with Crippen LogP contribution in [0.1, 0.15) is 142 Å². The van der Waals surface area contributed by atoms with Crippen LogP contribution >= 0.6 is 7.82 Å². The molecule has 10 heteroatoms. The number of hydrogen-bond donors (Lipinski definition) is 3. The van der Waals surface area contributed by atoms with Crippen LogP contribution in [0.3, 0.4) is 0 Å². The van der Waals surface area contributed by atoms with E-state index in [0.717, 1.165) is 109 Å². The number of carbonyl (C=O) groups excluding carboxylic acids is 2. The van der Waals surface area contributed by atoms with Gasteiger partial charge in [-0.25, -0.2) is 4.57 Å². The number of carbonyl (C=O) groups is 2. The normalized spacial score (nSPS) is 14.4. The number of allylic oxidation sites excluding steroid dienone is 18. The Labute approximate surface area is 346 Å². The number of hydrogen-bond acceptors (Lipinski definition) is 7. The number of aliphatic hydroxyl groups is 1. The highest BCUT2D eigenvalue weighted by Crippen LogP contribution is 2.42. The maximum Gasteiger partial charge on any atom is 0.472 e. The van der Waals surface area contributed by atoms with E-state index in [-0.39, 0.29) is 32.1 Å². The van der Waals surface area contributed by atoms with Crippen molar-refractivity contribution in [3.8, 4) is 0 Å². The first kappa shape index (κ1) is 53.7.